The van der Waals surface area contributed by atoms with Crippen LogP contribution in [0.4, 0.5) is 0 Å². The fourth-order valence-corrected chi connectivity index (χ4v) is 4.57. The van der Waals surface area contributed by atoms with Crippen LogP contribution in [0.5, 0.6) is 0 Å². The molecule has 4 aromatic rings. The van der Waals surface area contributed by atoms with E-state index in [0.29, 0.717) is 5.92 Å². The third-order valence-electron chi connectivity index (χ3n) is 6.04. The zero-order valence-corrected chi connectivity index (χ0v) is 20.1. The summed E-state index contributed by atoms with van der Waals surface area (Å²) in [4.78, 5) is 24.3. The molecule has 0 radical (unpaired) electrons. The van der Waals surface area contributed by atoms with E-state index in [4.69, 9.17) is 4.98 Å². The maximum Gasteiger partial charge on any atom is 0.330 e. The summed E-state index contributed by atoms with van der Waals surface area (Å²) in [5.41, 5.74) is 5.18. The molecular weight excluding hydrogens is 398 g/mol. The molecule has 6 heteroatoms. The lowest BCUT2D eigenvalue weighted by molar-refractivity contribution is 0.402. The van der Waals surface area contributed by atoms with Gasteiger partial charge in [-0.3, -0.25) is 9.13 Å². The van der Waals surface area contributed by atoms with Crippen LogP contribution in [-0.2, 0) is 6.54 Å². The van der Waals surface area contributed by atoms with E-state index in [1.165, 1.54) is 5.56 Å². The van der Waals surface area contributed by atoms with Gasteiger partial charge in [0.25, 0.3) is 0 Å². The molecule has 6 nitrogen and oxygen atoms in total. The number of aromatic amines is 1. The lowest BCUT2D eigenvalue weighted by Crippen LogP contribution is -2.29. The van der Waals surface area contributed by atoms with Crippen LogP contribution in [0.2, 0.25) is 0 Å². The Bertz CT molecular complexity index is 1270. The first-order chi connectivity index (χ1) is 15.3. The summed E-state index contributed by atoms with van der Waals surface area (Å²) in [6.45, 7) is 9.46. The van der Waals surface area contributed by atoms with Crippen molar-refractivity contribution in [3.63, 3.8) is 0 Å². The van der Waals surface area contributed by atoms with Gasteiger partial charge in [-0.05, 0) is 76.5 Å². The van der Waals surface area contributed by atoms with Crippen molar-refractivity contribution < 1.29 is 0 Å². The van der Waals surface area contributed by atoms with E-state index < -0.39 is 0 Å². The normalized spacial score (nSPS) is 13.3. The van der Waals surface area contributed by atoms with E-state index in [2.05, 4.69) is 75.9 Å². The molecule has 0 fully saturated rings. The van der Waals surface area contributed by atoms with Gasteiger partial charge in [-0.25, -0.2) is 9.78 Å². The van der Waals surface area contributed by atoms with Crippen LogP contribution >= 0.6 is 0 Å². The zero-order valence-electron chi connectivity index (χ0n) is 20.1. The van der Waals surface area contributed by atoms with Gasteiger partial charge < -0.3 is 9.88 Å². The Kier molecular flexibility index (Phi) is 6.24. The Balaban J connectivity index is 1.88. The second-order valence-corrected chi connectivity index (χ2v) is 9.80. The van der Waals surface area contributed by atoms with E-state index in [-0.39, 0.29) is 17.8 Å². The Hall–Kier alpha value is -2.86. The van der Waals surface area contributed by atoms with E-state index in [0.717, 1.165) is 47.3 Å². The Labute approximate surface area is 189 Å². The smallest absolute Gasteiger partial charge is 0.330 e. The molecule has 32 heavy (non-hydrogen) atoms. The summed E-state index contributed by atoms with van der Waals surface area (Å²) < 4.78 is 3.85. The molecule has 0 aliphatic carbocycles. The molecule has 0 spiro atoms. The van der Waals surface area contributed by atoms with Gasteiger partial charge in [0.1, 0.15) is 5.82 Å². The molecule has 1 atom stereocenters. The Morgan fingerprint density at radius 3 is 2.28 bits per heavy atom. The molecule has 2 aromatic heterocycles. The fourth-order valence-electron chi connectivity index (χ4n) is 4.57. The summed E-state index contributed by atoms with van der Waals surface area (Å²) >= 11 is 0. The minimum absolute atomic E-state index is 0.0312. The quantitative estimate of drug-likeness (QED) is 0.408. The van der Waals surface area contributed by atoms with Crippen molar-refractivity contribution in [1.82, 2.24) is 24.0 Å². The van der Waals surface area contributed by atoms with Gasteiger partial charge in [0.15, 0.2) is 0 Å². The van der Waals surface area contributed by atoms with Crippen LogP contribution in [0.25, 0.3) is 22.1 Å². The topological polar surface area (TPSA) is 58.9 Å². The summed E-state index contributed by atoms with van der Waals surface area (Å²) in [6.07, 6.45) is 1.87. The van der Waals surface area contributed by atoms with Gasteiger partial charge in [0.05, 0.1) is 28.1 Å². The highest BCUT2D eigenvalue weighted by Crippen LogP contribution is 2.29. The van der Waals surface area contributed by atoms with Gasteiger partial charge >= 0.3 is 5.69 Å². The highest BCUT2D eigenvalue weighted by molar-refractivity contribution is 5.78. The summed E-state index contributed by atoms with van der Waals surface area (Å²) in [5.74, 6) is 1.40. The van der Waals surface area contributed by atoms with E-state index >= 15 is 0 Å². The van der Waals surface area contributed by atoms with Crippen LogP contribution in [0.1, 0.15) is 64.0 Å². The highest BCUT2D eigenvalue weighted by Gasteiger charge is 2.25. The van der Waals surface area contributed by atoms with Crippen molar-refractivity contribution in [2.45, 2.75) is 59.2 Å². The number of H-pyrrole nitrogens is 1. The fraction of sp³-hybridized carbons (Fsp3) is 0.462. The van der Waals surface area contributed by atoms with Gasteiger partial charge in [-0.15, -0.1) is 0 Å². The minimum Gasteiger partial charge on any atom is -0.340 e. The third kappa shape index (κ3) is 4.24. The van der Waals surface area contributed by atoms with Crippen molar-refractivity contribution in [2.75, 3.05) is 14.1 Å². The van der Waals surface area contributed by atoms with Gasteiger partial charge in [0, 0.05) is 12.6 Å². The molecular formula is C26H35N5O. The number of hydrogen-bond acceptors (Lipinski definition) is 3. The molecule has 0 bridgehead atoms. The SMILES string of the molecule is CC(C)CCC(c1nc2ccc(CN(C)C)cc2[nH]1)n1c(=O)n(C(C)C)c2ccccc21. The number of nitrogens with one attached hydrogen (secondary N) is 1. The molecule has 2 aromatic carbocycles. The standard InChI is InChI=1S/C26H35N5O/c1-17(2)11-14-24(25-27-20-13-12-19(16-29(5)6)15-21(20)28-25)31-23-10-8-7-9-22(23)30(18(3)4)26(31)32/h7-10,12-13,15,17-18,24H,11,14,16H2,1-6H3,(H,27,28). The predicted octanol–water partition coefficient (Wildman–Crippen LogP) is 5.35. The number of imidazole rings is 2. The molecule has 0 saturated carbocycles. The second kappa shape index (κ2) is 8.94. The average Bonchev–Trinajstić information content (AvgIpc) is 3.26. The summed E-state index contributed by atoms with van der Waals surface area (Å²) in [7, 11) is 4.14. The first-order valence-electron chi connectivity index (χ1n) is 11.6. The molecule has 4 rings (SSSR count). The van der Waals surface area contributed by atoms with Crippen molar-refractivity contribution in [3.05, 3.63) is 64.3 Å². The monoisotopic (exact) mass is 433 g/mol. The molecule has 1 N–H and O–H groups in total. The predicted molar refractivity (Wildman–Crippen MR) is 132 cm³/mol. The van der Waals surface area contributed by atoms with E-state index in [9.17, 15) is 4.79 Å². The maximum absolute atomic E-state index is 13.7. The molecule has 0 aliphatic rings. The van der Waals surface area contributed by atoms with E-state index in [1.54, 1.807) is 0 Å². The molecule has 2 heterocycles. The zero-order chi connectivity index (χ0) is 23.0. The maximum atomic E-state index is 13.7. The summed E-state index contributed by atoms with van der Waals surface area (Å²) in [5, 5.41) is 0. The number of benzene rings is 2. The van der Waals surface area contributed by atoms with Crippen LogP contribution in [-0.4, -0.2) is 38.1 Å². The number of para-hydroxylation sites is 2. The van der Waals surface area contributed by atoms with Crippen LogP contribution < -0.4 is 5.69 Å². The number of aromatic nitrogens is 4. The number of fused-ring (bicyclic) bond motifs is 2. The molecule has 0 aliphatic heterocycles. The Morgan fingerprint density at radius 2 is 1.66 bits per heavy atom. The largest absolute Gasteiger partial charge is 0.340 e. The molecule has 0 amide bonds. The Morgan fingerprint density at radius 1 is 0.969 bits per heavy atom. The van der Waals surface area contributed by atoms with Crippen LogP contribution in [0.3, 0.4) is 0 Å². The number of rotatable bonds is 8. The minimum atomic E-state index is -0.139. The van der Waals surface area contributed by atoms with Crippen molar-refractivity contribution in [1.29, 1.82) is 0 Å². The molecule has 0 saturated heterocycles. The third-order valence-corrected chi connectivity index (χ3v) is 6.04. The lowest BCUT2D eigenvalue weighted by Gasteiger charge is -2.18. The first-order valence-corrected chi connectivity index (χ1v) is 11.6. The average molecular weight is 434 g/mol. The van der Waals surface area contributed by atoms with Crippen molar-refractivity contribution >= 4 is 22.1 Å². The van der Waals surface area contributed by atoms with Crippen molar-refractivity contribution in [3.8, 4) is 0 Å². The van der Waals surface area contributed by atoms with Crippen LogP contribution in [0, 0.1) is 5.92 Å². The van der Waals surface area contributed by atoms with Gasteiger partial charge in [0.2, 0.25) is 0 Å². The van der Waals surface area contributed by atoms with E-state index in [1.807, 2.05) is 27.3 Å². The lowest BCUT2D eigenvalue weighted by atomic mass is 10.0. The number of hydrogen-bond donors (Lipinski definition) is 1. The first kappa shape index (κ1) is 22.3. The van der Waals surface area contributed by atoms with Crippen LogP contribution in [0.15, 0.2) is 47.3 Å². The molecule has 1 unspecified atom stereocenters. The number of nitrogens with zero attached hydrogens (tertiary/aromatic N) is 4. The van der Waals surface area contributed by atoms with Gasteiger partial charge in [-0.1, -0.05) is 32.0 Å². The highest BCUT2D eigenvalue weighted by atomic mass is 16.1. The van der Waals surface area contributed by atoms with Crippen molar-refractivity contribution in [2.24, 2.45) is 5.92 Å². The second-order valence-electron chi connectivity index (χ2n) is 9.80. The summed E-state index contributed by atoms with van der Waals surface area (Å²) in [6, 6.07) is 14.4. The molecule has 170 valence electrons. The van der Waals surface area contributed by atoms with Gasteiger partial charge in [-0.2, -0.15) is 0 Å².